The molecule has 0 unspecified atom stereocenters. The van der Waals surface area contributed by atoms with Gasteiger partial charge in [-0.3, -0.25) is 0 Å². The van der Waals surface area contributed by atoms with Gasteiger partial charge in [0.1, 0.15) is 18.3 Å². The summed E-state index contributed by atoms with van der Waals surface area (Å²) >= 11 is 0. The Labute approximate surface area is 137 Å². The number of carbonyl (C=O) groups excluding carboxylic acids is 2. The van der Waals surface area contributed by atoms with Crippen LogP contribution in [0.1, 0.15) is 13.8 Å². The van der Waals surface area contributed by atoms with Gasteiger partial charge in [-0.05, 0) is 13.8 Å². The SMILES string of the molecule is C=C(C)C(=O)OC(O)(OC(=O)C(=C)C)[C@H](O)[C@H](O)[C@H](O)[C@@H](O)CO. The highest BCUT2D eigenvalue weighted by Gasteiger charge is 2.51. The van der Waals surface area contributed by atoms with Crippen LogP contribution in [0.25, 0.3) is 0 Å². The molecule has 10 nitrogen and oxygen atoms in total. The second-order valence-electron chi connectivity index (χ2n) is 5.15. The second-order valence-corrected chi connectivity index (χ2v) is 5.15. The van der Waals surface area contributed by atoms with E-state index in [0.29, 0.717) is 0 Å². The topological polar surface area (TPSA) is 174 Å². The lowest BCUT2D eigenvalue weighted by Gasteiger charge is -2.35. The summed E-state index contributed by atoms with van der Waals surface area (Å²) in [7, 11) is 0. The quantitative estimate of drug-likeness (QED) is 0.146. The van der Waals surface area contributed by atoms with Crippen LogP contribution in [0.3, 0.4) is 0 Å². The van der Waals surface area contributed by atoms with Crippen LogP contribution in [0.5, 0.6) is 0 Å². The van der Waals surface area contributed by atoms with Gasteiger partial charge in [-0.15, -0.1) is 0 Å². The van der Waals surface area contributed by atoms with Crippen LogP contribution in [0.15, 0.2) is 24.3 Å². The Morgan fingerprint density at radius 1 is 0.958 bits per heavy atom. The number of aliphatic hydroxyl groups excluding tert-OH is 5. The van der Waals surface area contributed by atoms with E-state index in [1.54, 1.807) is 0 Å². The van der Waals surface area contributed by atoms with Crippen molar-refractivity contribution < 1.29 is 49.7 Å². The van der Waals surface area contributed by atoms with Crippen LogP contribution in [-0.2, 0) is 19.1 Å². The van der Waals surface area contributed by atoms with E-state index in [4.69, 9.17) is 5.11 Å². The van der Waals surface area contributed by atoms with E-state index in [9.17, 15) is 35.1 Å². The molecule has 0 saturated heterocycles. The first-order valence-electron chi connectivity index (χ1n) is 6.70. The lowest BCUT2D eigenvalue weighted by molar-refractivity contribution is -0.373. The Morgan fingerprint density at radius 3 is 1.62 bits per heavy atom. The number of esters is 2. The van der Waals surface area contributed by atoms with Gasteiger partial charge in [0.25, 0.3) is 0 Å². The first-order valence-corrected chi connectivity index (χ1v) is 6.70. The minimum absolute atomic E-state index is 0.238. The van der Waals surface area contributed by atoms with Crippen LogP contribution >= 0.6 is 0 Å². The van der Waals surface area contributed by atoms with Crippen molar-refractivity contribution in [1.82, 2.24) is 0 Å². The van der Waals surface area contributed by atoms with Crippen LogP contribution in [-0.4, -0.2) is 79.6 Å². The Hall–Kier alpha value is -1.82. The average Bonchev–Trinajstić information content (AvgIpc) is 2.51. The highest BCUT2D eigenvalue weighted by atomic mass is 16.8. The largest absolute Gasteiger partial charge is 0.404 e. The predicted molar refractivity (Wildman–Crippen MR) is 77.9 cm³/mol. The highest BCUT2D eigenvalue weighted by molar-refractivity contribution is 5.88. The maximum absolute atomic E-state index is 11.6. The molecule has 24 heavy (non-hydrogen) atoms. The molecular weight excluding hydrogens is 328 g/mol. The molecule has 10 heteroatoms. The molecule has 0 radical (unpaired) electrons. The molecule has 0 aliphatic carbocycles. The van der Waals surface area contributed by atoms with Gasteiger partial charge in [0.2, 0.25) is 0 Å². The Morgan fingerprint density at radius 2 is 1.33 bits per heavy atom. The Kier molecular flexibility index (Phi) is 8.20. The zero-order valence-electron chi connectivity index (χ0n) is 13.2. The number of rotatable bonds is 9. The maximum Gasteiger partial charge on any atom is 0.404 e. The monoisotopic (exact) mass is 350 g/mol. The number of hydrogen-bond donors (Lipinski definition) is 6. The van der Waals surface area contributed by atoms with Crippen LogP contribution in [0.2, 0.25) is 0 Å². The van der Waals surface area contributed by atoms with Gasteiger partial charge in [0.15, 0.2) is 6.10 Å². The van der Waals surface area contributed by atoms with Crippen molar-refractivity contribution in [1.29, 1.82) is 0 Å². The molecule has 0 saturated carbocycles. The molecule has 0 aromatic rings. The fraction of sp³-hybridized carbons (Fsp3) is 0.571. The standard InChI is InChI=1S/C14H22O10/c1-6(2)12(20)23-14(22,24-13(21)7(3)4)11(19)10(18)9(17)8(16)5-15/h8-11,15-19,22H,1,3,5H2,2,4H3/t8-,9+,10+,11+/m0/s1. The molecule has 0 amide bonds. The van der Waals surface area contributed by atoms with Gasteiger partial charge in [-0.25, -0.2) is 9.59 Å². The van der Waals surface area contributed by atoms with E-state index in [0.717, 1.165) is 0 Å². The van der Waals surface area contributed by atoms with Crippen molar-refractivity contribution in [2.24, 2.45) is 0 Å². The average molecular weight is 350 g/mol. The summed E-state index contributed by atoms with van der Waals surface area (Å²) in [5.41, 5.74) is -0.477. The summed E-state index contributed by atoms with van der Waals surface area (Å²) in [6.07, 6.45) is -9.02. The van der Waals surface area contributed by atoms with Crippen LogP contribution in [0.4, 0.5) is 0 Å². The molecule has 138 valence electrons. The molecule has 0 aromatic carbocycles. The summed E-state index contributed by atoms with van der Waals surface area (Å²) < 4.78 is 8.87. The minimum atomic E-state index is -3.42. The van der Waals surface area contributed by atoms with Crippen molar-refractivity contribution in [2.75, 3.05) is 6.61 Å². The predicted octanol–water partition coefficient (Wildman–Crippen LogP) is -2.69. The molecule has 0 aliphatic heterocycles. The molecule has 4 atom stereocenters. The van der Waals surface area contributed by atoms with Gasteiger partial charge < -0.3 is 40.1 Å². The van der Waals surface area contributed by atoms with Crippen LogP contribution < -0.4 is 0 Å². The zero-order chi connectivity index (χ0) is 19.2. The number of hydrogen-bond acceptors (Lipinski definition) is 10. The fourth-order valence-electron chi connectivity index (χ4n) is 1.32. The van der Waals surface area contributed by atoms with E-state index in [2.05, 4.69) is 22.6 Å². The summed E-state index contributed by atoms with van der Waals surface area (Å²) in [6.45, 7) is 7.84. The molecular formula is C14H22O10. The van der Waals surface area contributed by atoms with Crippen molar-refractivity contribution in [3.63, 3.8) is 0 Å². The van der Waals surface area contributed by atoms with Gasteiger partial charge in [0.05, 0.1) is 6.61 Å². The molecule has 0 rings (SSSR count). The third-order valence-electron chi connectivity index (χ3n) is 2.80. The lowest BCUT2D eigenvalue weighted by Crippen LogP contribution is -2.59. The summed E-state index contributed by atoms with van der Waals surface area (Å²) in [5, 5.41) is 57.4. The second kappa shape index (κ2) is 8.87. The van der Waals surface area contributed by atoms with E-state index in [-0.39, 0.29) is 11.1 Å². The van der Waals surface area contributed by atoms with Crippen molar-refractivity contribution in [2.45, 2.75) is 44.2 Å². The van der Waals surface area contributed by atoms with Crippen molar-refractivity contribution in [3.05, 3.63) is 24.3 Å². The van der Waals surface area contributed by atoms with Gasteiger partial charge in [-0.1, -0.05) is 13.2 Å². The first kappa shape index (κ1) is 22.2. The fourth-order valence-corrected chi connectivity index (χ4v) is 1.32. The van der Waals surface area contributed by atoms with Gasteiger partial charge in [-0.2, -0.15) is 0 Å². The molecule has 6 N–H and O–H groups in total. The summed E-state index contributed by atoms with van der Waals surface area (Å²) in [5.74, 6) is -5.98. The molecule has 0 aliphatic rings. The molecule has 0 heterocycles. The van der Waals surface area contributed by atoms with E-state index in [1.807, 2.05) is 0 Å². The maximum atomic E-state index is 11.6. The normalized spacial score (nSPS) is 16.5. The summed E-state index contributed by atoms with van der Waals surface area (Å²) in [6, 6.07) is 0. The Balaban J connectivity index is 5.57. The van der Waals surface area contributed by atoms with E-state index < -0.39 is 48.9 Å². The summed E-state index contributed by atoms with van der Waals surface area (Å²) in [4.78, 5) is 23.1. The molecule has 0 spiro atoms. The van der Waals surface area contributed by atoms with E-state index in [1.165, 1.54) is 13.8 Å². The number of aliphatic hydroxyl groups is 6. The third kappa shape index (κ3) is 5.67. The first-order chi connectivity index (χ1) is 10.9. The zero-order valence-corrected chi connectivity index (χ0v) is 13.2. The number of ether oxygens (including phenoxy) is 2. The van der Waals surface area contributed by atoms with Gasteiger partial charge in [0, 0.05) is 11.1 Å². The molecule has 0 bridgehead atoms. The van der Waals surface area contributed by atoms with Gasteiger partial charge >= 0.3 is 17.9 Å². The highest BCUT2D eigenvalue weighted by Crippen LogP contribution is 2.23. The Bertz CT molecular complexity index is 472. The number of carbonyl (C=O) groups is 2. The third-order valence-corrected chi connectivity index (χ3v) is 2.80. The van der Waals surface area contributed by atoms with Crippen molar-refractivity contribution in [3.8, 4) is 0 Å². The lowest BCUT2D eigenvalue weighted by atomic mass is 10.0. The van der Waals surface area contributed by atoms with E-state index >= 15 is 0 Å². The molecule has 0 fully saturated rings. The molecule has 0 aromatic heterocycles. The van der Waals surface area contributed by atoms with Crippen molar-refractivity contribution >= 4 is 11.9 Å². The smallest absolute Gasteiger partial charge is 0.394 e. The minimum Gasteiger partial charge on any atom is -0.394 e. The van der Waals surface area contributed by atoms with Crippen LogP contribution in [0, 0.1) is 0 Å².